The number of thiophene rings is 1. The van der Waals surface area contributed by atoms with E-state index in [1.54, 1.807) is 0 Å². The van der Waals surface area contributed by atoms with E-state index in [1.807, 2.05) is 25.3 Å². The van der Waals surface area contributed by atoms with Crippen LogP contribution in [0.1, 0.15) is 39.3 Å². The van der Waals surface area contributed by atoms with Crippen molar-refractivity contribution in [1.82, 2.24) is 5.32 Å². The molecule has 2 rings (SSSR count). The third-order valence-electron chi connectivity index (χ3n) is 2.99. The van der Waals surface area contributed by atoms with Gasteiger partial charge in [0, 0.05) is 0 Å². The van der Waals surface area contributed by atoms with Crippen LogP contribution in [0.3, 0.4) is 0 Å². The van der Waals surface area contributed by atoms with Gasteiger partial charge in [-0.3, -0.25) is 4.79 Å². The lowest BCUT2D eigenvalue weighted by molar-refractivity contribution is 0.0943. The van der Waals surface area contributed by atoms with E-state index in [0.29, 0.717) is 0 Å². The molecule has 1 heterocycles. The van der Waals surface area contributed by atoms with Gasteiger partial charge in [-0.15, -0.1) is 11.3 Å². The fourth-order valence-corrected chi connectivity index (χ4v) is 2.63. The van der Waals surface area contributed by atoms with Gasteiger partial charge in [-0.25, -0.2) is 0 Å². The molecule has 0 aliphatic heterocycles. The molecule has 0 saturated carbocycles. The van der Waals surface area contributed by atoms with Crippen LogP contribution in [0.5, 0.6) is 0 Å². The third-order valence-corrected chi connectivity index (χ3v) is 4.01. The summed E-state index contributed by atoms with van der Waals surface area (Å²) in [5.74, 6) is 0.00979. The quantitative estimate of drug-likeness (QED) is 0.891. The fraction of sp³-hybridized carbons (Fsp3) is 0.267. The summed E-state index contributed by atoms with van der Waals surface area (Å²) in [4.78, 5) is 12.9. The number of rotatable bonds is 3. The van der Waals surface area contributed by atoms with Crippen molar-refractivity contribution in [2.75, 3.05) is 0 Å². The molecular weight excluding hydrogens is 242 g/mol. The summed E-state index contributed by atoms with van der Waals surface area (Å²) in [6, 6.07) is 10.2. The predicted octanol–water partition coefficient (Wildman–Crippen LogP) is 3.86. The first-order valence-corrected chi connectivity index (χ1v) is 6.87. The lowest BCUT2D eigenvalue weighted by Crippen LogP contribution is -2.26. The van der Waals surface area contributed by atoms with Gasteiger partial charge in [0.1, 0.15) is 0 Å². The number of aryl methyl sites for hydroxylation is 2. The first-order valence-electron chi connectivity index (χ1n) is 5.99. The number of nitrogens with one attached hydrogen (secondary N) is 1. The molecular formula is C15H17NOS. The largest absolute Gasteiger partial charge is 0.345 e. The minimum absolute atomic E-state index is 0.00979. The Morgan fingerprint density at radius 2 is 1.83 bits per heavy atom. The molecule has 2 aromatic rings. The average Bonchev–Trinajstić information content (AvgIpc) is 2.76. The van der Waals surface area contributed by atoms with E-state index in [9.17, 15) is 4.79 Å². The molecule has 0 aliphatic carbocycles. The minimum Gasteiger partial charge on any atom is -0.345 e. The molecule has 3 heteroatoms. The maximum absolute atomic E-state index is 12.1. The van der Waals surface area contributed by atoms with Crippen LogP contribution in [0.2, 0.25) is 0 Å². The molecule has 1 N–H and O–H groups in total. The summed E-state index contributed by atoms with van der Waals surface area (Å²) in [6.45, 7) is 6.02. The Bertz CT molecular complexity index is 542. The number of hydrogen-bond acceptors (Lipinski definition) is 2. The van der Waals surface area contributed by atoms with Gasteiger partial charge in [0.15, 0.2) is 0 Å². The van der Waals surface area contributed by atoms with Gasteiger partial charge >= 0.3 is 0 Å². The molecule has 0 aliphatic rings. The van der Waals surface area contributed by atoms with Gasteiger partial charge in [-0.1, -0.05) is 29.8 Å². The summed E-state index contributed by atoms with van der Waals surface area (Å²) in [5.41, 5.74) is 3.39. The topological polar surface area (TPSA) is 29.1 Å². The van der Waals surface area contributed by atoms with Gasteiger partial charge in [-0.2, -0.15) is 0 Å². The first kappa shape index (κ1) is 12.8. The number of benzene rings is 1. The Morgan fingerprint density at radius 1 is 1.17 bits per heavy atom. The Balaban J connectivity index is 2.08. The lowest BCUT2D eigenvalue weighted by Gasteiger charge is -2.14. The van der Waals surface area contributed by atoms with E-state index in [4.69, 9.17) is 0 Å². The summed E-state index contributed by atoms with van der Waals surface area (Å²) in [5, 5.41) is 4.98. The van der Waals surface area contributed by atoms with E-state index in [1.165, 1.54) is 16.9 Å². The molecule has 1 aromatic heterocycles. The molecule has 1 aromatic carbocycles. The van der Waals surface area contributed by atoms with E-state index < -0.39 is 0 Å². The summed E-state index contributed by atoms with van der Waals surface area (Å²) in [6.07, 6.45) is 0. The van der Waals surface area contributed by atoms with E-state index in [2.05, 4.69) is 36.5 Å². The number of hydrogen-bond donors (Lipinski definition) is 1. The molecule has 2 nitrogen and oxygen atoms in total. The summed E-state index contributed by atoms with van der Waals surface area (Å²) < 4.78 is 0. The van der Waals surface area contributed by atoms with Crippen molar-refractivity contribution in [3.63, 3.8) is 0 Å². The lowest BCUT2D eigenvalue weighted by atomic mass is 10.1. The van der Waals surface area contributed by atoms with Crippen LogP contribution in [0, 0.1) is 13.8 Å². The van der Waals surface area contributed by atoms with Gasteiger partial charge < -0.3 is 5.32 Å². The first-order chi connectivity index (χ1) is 8.58. The highest BCUT2D eigenvalue weighted by molar-refractivity contribution is 7.12. The number of amides is 1. The maximum Gasteiger partial charge on any atom is 0.262 e. The Morgan fingerprint density at radius 3 is 2.39 bits per heavy atom. The highest BCUT2D eigenvalue weighted by Crippen LogP contribution is 2.18. The molecule has 0 radical (unpaired) electrons. The zero-order valence-corrected chi connectivity index (χ0v) is 11.7. The second-order valence-corrected chi connectivity index (χ2v) is 5.45. The Hall–Kier alpha value is -1.61. The molecule has 0 bridgehead atoms. The second kappa shape index (κ2) is 5.36. The molecule has 94 valence electrons. The standard InChI is InChI=1S/C15H17NOS/c1-10-4-6-13(7-5-10)12(3)16-15(17)14-11(2)8-9-18-14/h4-9,12H,1-3H3,(H,16,17). The normalized spacial score (nSPS) is 12.2. The highest BCUT2D eigenvalue weighted by atomic mass is 32.1. The summed E-state index contributed by atoms with van der Waals surface area (Å²) in [7, 11) is 0. The van der Waals surface area contributed by atoms with Crippen LogP contribution in [-0.4, -0.2) is 5.91 Å². The van der Waals surface area contributed by atoms with Crippen LogP contribution in [-0.2, 0) is 0 Å². The zero-order valence-electron chi connectivity index (χ0n) is 10.9. The zero-order chi connectivity index (χ0) is 13.1. The van der Waals surface area contributed by atoms with Crippen molar-refractivity contribution < 1.29 is 4.79 Å². The van der Waals surface area contributed by atoms with Crippen molar-refractivity contribution >= 4 is 17.2 Å². The molecule has 1 unspecified atom stereocenters. The highest BCUT2D eigenvalue weighted by Gasteiger charge is 2.14. The minimum atomic E-state index is 0.00979. The Kier molecular flexibility index (Phi) is 3.82. The van der Waals surface area contributed by atoms with Crippen molar-refractivity contribution in [1.29, 1.82) is 0 Å². The van der Waals surface area contributed by atoms with Crippen molar-refractivity contribution in [2.45, 2.75) is 26.8 Å². The Labute approximate surface area is 112 Å². The third kappa shape index (κ3) is 2.79. The molecule has 1 atom stereocenters. The number of carbonyl (C=O) groups is 1. The van der Waals surface area contributed by atoms with Gasteiger partial charge in [0.25, 0.3) is 5.91 Å². The average molecular weight is 259 g/mol. The van der Waals surface area contributed by atoms with E-state index >= 15 is 0 Å². The van der Waals surface area contributed by atoms with Gasteiger partial charge in [0.05, 0.1) is 10.9 Å². The molecule has 0 spiro atoms. The molecule has 0 saturated heterocycles. The fourth-order valence-electron chi connectivity index (χ4n) is 1.81. The monoisotopic (exact) mass is 259 g/mol. The van der Waals surface area contributed by atoms with Crippen LogP contribution >= 0.6 is 11.3 Å². The van der Waals surface area contributed by atoms with Crippen molar-refractivity contribution in [3.8, 4) is 0 Å². The molecule has 1 amide bonds. The van der Waals surface area contributed by atoms with Crippen LogP contribution in [0.25, 0.3) is 0 Å². The van der Waals surface area contributed by atoms with Crippen molar-refractivity contribution in [3.05, 3.63) is 57.3 Å². The predicted molar refractivity (Wildman–Crippen MR) is 76.1 cm³/mol. The van der Waals surface area contributed by atoms with Gasteiger partial charge in [-0.05, 0) is 43.3 Å². The molecule has 18 heavy (non-hydrogen) atoms. The van der Waals surface area contributed by atoms with Crippen LogP contribution in [0.4, 0.5) is 0 Å². The van der Waals surface area contributed by atoms with Crippen LogP contribution < -0.4 is 5.32 Å². The van der Waals surface area contributed by atoms with E-state index in [0.717, 1.165) is 16.0 Å². The second-order valence-electron chi connectivity index (χ2n) is 4.54. The number of carbonyl (C=O) groups excluding carboxylic acids is 1. The van der Waals surface area contributed by atoms with E-state index in [-0.39, 0.29) is 11.9 Å². The van der Waals surface area contributed by atoms with Crippen molar-refractivity contribution in [2.24, 2.45) is 0 Å². The maximum atomic E-state index is 12.1. The SMILES string of the molecule is Cc1ccc(C(C)NC(=O)c2sccc2C)cc1. The summed E-state index contributed by atoms with van der Waals surface area (Å²) >= 11 is 1.49. The van der Waals surface area contributed by atoms with Gasteiger partial charge in [0.2, 0.25) is 0 Å². The molecule has 0 fully saturated rings. The van der Waals surface area contributed by atoms with Crippen LogP contribution in [0.15, 0.2) is 35.7 Å². The smallest absolute Gasteiger partial charge is 0.262 e.